The van der Waals surface area contributed by atoms with Gasteiger partial charge in [-0.2, -0.15) is 0 Å². The Morgan fingerprint density at radius 3 is 2.15 bits per heavy atom. The zero-order valence-corrected chi connectivity index (χ0v) is 15.7. The van der Waals surface area contributed by atoms with Crippen molar-refractivity contribution in [3.8, 4) is 0 Å². The smallest absolute Gasteiger partial charge is 0.333 e. The molecule has 0 aliphatic rings. The SMILES string of the molecule is C=CC(=O)OC(C)CN(CC(C)OC(=O)C(=C)C)c1ccc([N+](=O)[O-])cc1. The van der Waals surface area contributed by atoms with E-state index >= 15 is 0 Å². The van der Waals surface area contributed by atoms with E-state index in [1.807, 2.05) is 4.90 Å². The van der Waals surface area contributed by atoms with Gasteiger partial charge in [-0.25, -0.2) is 9.59 Å². The van der Waals surface area contributed by atoms with Crippen LogP contribution in [0.2, 0.25) is 0 Å². The van der Waals surface area contributed by atoms with Gasteiger partial charge in [-0.1, -0.05) is 13.2 Å². The first-order valence-electron chi connectivity index (χ1n) is 8.33. The minimum atomic E-state index is -0.548. The molecule has 27 heavy (non-hydrogen) atoms. The molecule has 1 rings (SSSR count). The number of anilines is 1. The molecule has 0 spiro atoms. The van der Waals surface area contributed by atoms with Gasteiger partial charge in [0.25, 0.3) is 5.69 Å². The van der Waals surface area contributed by atoms with Gasteiger partial charge < -0.3 is 14.4 Å². The minimum absolute atomic E-state index is 0.0356. The van der Waals surface area contributed by atoms with Crippen molar-refractivity contribution in [2.75, 3.05) is 18.0 Å². The highest BCUT2D eigenvalue weighted by molar-refractivity contribution is 5.87. The first kappa shape index (κ1) is 21.9. The van der Waals surface area contributed by atoms with Crippen molar-refractivity contribution in [1.29, 1.82) is 0 Å². The standard InChI is InChI=1S/C19H24N2O6/c1-6-18(22)26-14(4)11-20(12-15(5)27-19(23)13(2)3)16-7-9-17(10-8-16)21(24)25/h6-10,14-15H,1-2,11-12H2,3-5H3. The van der Waals surface area contributed by atoms with Crippen molar-refractivity contribution in [2.24, 2.45) is 0 Å². The molecule has 1 aromatic rings. The molecule has 0 radical (unpaired) electrons. The van der Waals surface area contributed by atoms with Crippen LogP contribution in [0.25, 0.3) is 0 Å². The lowest BCUT2D eigenvalue weighted by Gasteiger charge is -2.30. The van der Waals surface area contributed by atoms with Crippen LogP contribution in [-0.2, 0) is 19.1 Å². The van der Waals surface area contributed by atoms with E-state index in [9.17, 15) is 19.7 Å². The zero-order chi connectivity index (χ0) is 20.6. The number of rotatable bonds is 10. The summed E-state index contributed by atoms with van der Waals surface area (Å²) in [5.41, 5.74) is 0.920. The molecule has 8 nitrogen and oxygen atoms in total. The van der Waals surface area contributed by atoms with E-state index in [-0.39, 0.29) is 11.3 Å². The molecule has 0 saturated heterocycles. The summed E-state index contributed by atoms with van der Waals surface area (Å²) in [6, 6.07) is 5.95. The number of esters is 2. The number of benzene rings is 1. The van der Waals surface area contributed by atoms with Crippen LogP contribution < -0.4 is 4.90 Å². The Morgan fingerprint density at radius 1 is 1.19 bits per heavy atom. The highest BCUT2D eigenvalue weighted by Gasteiger charge is 2.19. The summed E-state index contributed by atoms with van der Waals surface area (Å²) < 4.78 is 10.5. The maximum absolute atomic E-state index is 11.7. The molecule has 2 atom stereocenters. The molecule has 0 aliphatic heterocycles. The molecular formula is C19H24N2O6. The van der Waals surface area contributed by atoms with Crippen LogP contribution in [0.3, 0.4) is 0 Å². The average Bonchev–Trinajstić information content (AvgIpc) is 2.60. The molecule has 0 N–H and O–H groups in total. The fourth-order valence-corrected chi connectivity index (χ4v) is 2.30. The van der Waals surface area contributed by atoms with Crippen molar-refractivity contribution in [3.05, 3.63) is 59.2 Å². The number of nitro benzene ring substituents is 1. The Balaban J connectivity index is 2.95. The van der Waals surface area contributed by atoms with Gasteiger partial charge >= 0.3 is 11.9 Å². The Bertz CT molecular complexity index is 713. The normalized spacial score (nSPS) is 12.4. The van der Waals surface area contributed by atoms with Crippen LogP contribution in [0.15, 0.2) is 49.1 Å². The highest BCUT2D eigenvalue weighted by Crippen LogP contribution is 2.21. The minimum Gasteiger partial charge on any atom is -0.458 e. The lowest BCUT2D eigenvalue weighted by molar-refractivity contribution is -0.384. The Morgan fingerprint density at radius 2 is 1.70 bits per heavy atom. The number of nitro groups is 1. The molecular weight excluding hydrogens is 352 g/mol. The summed E-state index contributed by atoms with van der Waals surface area (Å²) in [7, 11) is 0. The fraction of sp³-hybridized carbons (Fsp3) is 0.368. The van der Waals surface area contributed by atoms with Crippen molar-refractivity contribution in [3.63, 3.8) is 0 Å². The van der Waals surface area contributed by atoms with Gasteiger partial charge in [0.1, 0.15) is 12.2 Å². The second-order valence-electron chi connectivity index (χ2n) is 6.13. The van der Waals surface area contributed by atoms with Gasteiger partial charge in [-0.15, -0.1) is 0 Å². The second-order valence-corrected chi connectivity index (χ2v) is 6.13. The molecule has 0 aromatic heterocycles. The number of nitrogens with zero attached hydrogens (tertiary/aromatic N) is 2. The molecule has 0 amide bonds. The lowest BCUT2D eigenvalue weighted by atomic mass is 10.2. The van der Waals surface area contributed by atoms with Crippen LogP contribution in [0.5, 0.6) is 0 Å². The van der Waals surface area contributed by atoms with E-state index in [4.69, 9.17) is 9.47 Å². The number of non-ortho nitro benzene ring substituents is 1. The fourth-order valence-electron chi connectivity index (χ4n) is 2.30. The molecule has 0 saturated carbocycles. The van der Waals surface area contributed by atoms with Crippen LogP contribution in [0.1, 0.15) is 20.8 Å². The van der Waals surface area contributed by atoms with Gasteiger partial charge in [0, 0.05) is 29.5 Å². The summed E-state index contributed by atoms with van der Waals surface area (Å²) in [4.78, 5) is 35.3. The maximum atomic E-state index is 11.7. The van der Waals surface area contributed by atoms with Gasteiger partial charge in [-0.3, -0.25) is 10.1 Å². The summed E-state index contributed by atoms with van der Waals surface area (Å²) >= 11 is 0. The van der Waals surface area contributed by atoms with E-state index in [1.54, 1.807) is 32.9 Å². The molecule has 1 aromatic carbocycles. The summed E-state index contributed by atoms with van der Waals surface area (Å²) in [6.07, 6.45) is 0.116. The second kappa shape index (κ2) is 10.1. The molecule has 0 aliphatic carbocycles. The van der Waals surface area contributed by atoms with Crippen molar-refractivity contribution >= 4 is 23.3 Å². The number of carbonyl (C=O) groups is 2. The topological polar surface area (TPSA) is 99.0 Å². The number of ether oxygens (including phenoxy) is 2. The highest BCUT2D eigenvalue weighted by atomic mass is 16.6. The predicted molar refractivity (Wildman–Crippen MR) is 101 cm³/mol. The Labute approximate surface area is 158 Å². The van der Waals surface area contributed by atoms with E-state index < -0.39 is 29.1 Å². The van der Waals surface area contributed by atoms with E-state index in [0.29, 0.717) is 18.8 Å². The summed E-state index contributed by atoms with van der Waals surface area (Å²) in [6.45, 7) is 12.5. The first-order chi connectivity index (χ1) is 12.6. The quantitative estimate of drug-likeness (QED) is 0.268. The summed E-state index contributed by atoms with van der Waals surface area (Å²) in [5, 5.41) is 10.8. The van der Waals surface area contributed by atoms with Crippen LogP contribution in [0, 0.1) is 10.1 Å². The molecule has 0 heterocycles. The Kier molecular flexibility index (Phi) is 8.19. The number of carbonyl (C=O) groups excluding carboxylic acids is 2. The van der Waals surface area contributed by atoms with Crippen molar-refractivity contribution in [2.45, 2.75) is 33.0 Å². The molecule has 2 unspecified atom stereocenters. The third kappa shape index (κ3) is 7.31. The Hall–Kier alpha value is -3.16. The van der Waals surface area contributed by atoms with E-state index in [0.717, 1.165) is 6.08 Å². The monoisotopic (exact) mass is 376 g/mol. The number of hydrogen-bond donors (Lipinski definition) is 0. The maximum Gasteiger partial charge on any atom is 0.333 e. The zero-order valence-electron chi connectivity index (χ0n) is 15.7. The first-order valence-corrected chi connectivity index (χ1v) is 8.33. The summed E-state index contributed by atoms with van der Waals surface area (Å²) in [5.74, 6) is -1.05. The number of hydrogen-bond acceptors (Lipinski definition) is 7. The molecule has 146 valence electrons. The predicted octanol–water partition coefficient (Wildman–Crippen LogP) is 3.03. The van der Waals surface area contributed by atoms with E-state index in [1.165, 1.54) is 12.1 Å². The van der Waals surface area contributed by atoms with Crippen LogP contribution >= 0.6 is 0 Å². The molecule has 0 bridgehead atoms. The average molecular weight is 376 g/mol. The van der Waals surface area contributed by atoms with Crippen molar-refractivity contribution < 1.29 is 24.0 Å². The van der Waals surface area contributed by atoms with Gasteiger partial charge in [0.15, 0.2) is 0 Å². The van der Waals surface area contributed by atoms with Gasteiger partial charge in [-0.05, 0) is 32.9 Å². The van der Waals surface area contributed by atoms with Crippen LogP contribution in [0.4, 0.5) is 11.4 Å². The molecule has 8 heteroatoms. The van der Waals surface area contributed by atoms with Crippen LogP contribution in [-0.4, -0.2) is 42.2 Å². The van der Waals surface area contributed by atoms with Crippen molar-refractivity contribution in [1.82, 2.24) is 0 Å². The third-order valence-corrected chi connectivity index (χ3v) is 3.52. The third-order valence-electron chi connectivity index (χ3n) is 3.52. The van der Waals surface area contributed by atoms with Gasteiger partial charge in [0.2, 0.25) is 0 Å². The molecule has 0 fully saturated rings. The van der Waals surface area contributed by atoms with E-state index in [2.05, 4.69) is 13.2 Å². The largest absolute Gasteiger partial charge is 0.458 e. The lowest BCUT2D eigenvalue weighted by Crippen LogP contribution is -2.39. The van der Waals surface area contributed by atoms with Gasteiger partial charge in [0.05, 0.1) is 18.0 Å².